The van der Waals surface area contributed by atoms with E-state index < -0.39 is 6.17 Å². The molecule has 1 aliphatic heterocycles. The van der Waals surface area contributed by atoms with Crippen molar-refractivity contribution in [2.75, 3.05) is 0 Å². The highest BCUT2D eigenvalue weighted by molar-refractivity contribution is 6.17. The minimum absolute atomic E-state index is 0.0617. The fourth-order valence-corrected chi connectivity index (χ4v) is 8.15. The van der Waals surface area contributed by atoms with Crippen molar-refractivity contribution in [3.05, 3.63) is 210 Å². The van der Waals surface area contributed by atoms with Crippen LogP contribution in [0.25, 0.3) is 49.9 Å². The molecule has 1 N–H and O–H groups in total. The molecule has 0 bridgehead atoms. The molecule has 2 atom stereocenters. The highest BCUT2D eigenvalue weighted by atomic mass is 16.3. The van der Waals surface area contributed by atoms with E-state index in [1.54, 1.807) is 0 Å². The second-order valence-corrected chi connectivity index (χ2v) is 14.4. The molecule has 2 unspecified atom stereocenters. The van der Waals surface area contributed by atoms with Gasteiger partial charge in [0.15, 0.2) is 6.17 Å². The van der Waals surface area contributed by atoms with Crippen molar-refractivity contribution in [3.63, 3.8) is 0 Å². The number of benzene rings is 6. The molecule has 2 heterocycles. The Morgan fingerprint density at radius 2 is 1.16 bits per heavy atom. The van der Waals surface area contributed by atoms with E-state index in [0.29, 0.717) is 0 Å². The first-order valence-electron chi connectivity index (χ1n) is 19.2. The molecule has 1 aromatic heterocycles. The van der Waals surface area contributed by atoms with E-state index in [9.17, 15) is 0 Å². The zero-order valence-electron chi connectivity index (χ0n) is 30.4. The number of allylic oxidation sites excluding steroid dienone is 3. The molecule has 4 heteroatoms. The van der Waals surface area contributed by atoms with E-state index in [-0.39, 0.29) is 5.92 Å². The van der Waals surface area contributed by atoms with Crippen LogP contribution in [0.2, 0.25) is 0 Å². The number of nitrogens with zero attached hydrogens (tertiary/aromatic N) is 2. The lowest BCUT2D eigenvalue weighted by Crippen LogP contribution is -2.38. The maximum absolute atomic E-state index is 6.69. The highest BCUT2D eigenvalue weighted by Gasteiger charge is 2.33. The summed E-state index contributed by atoms with van der Waals surface area (Å²) in [5.41, 5.74) is 13.6. The zero-order chi connectivity index (χ0) is 36.6. The Morgan fingerprint density at radius 3 is 1.85 bits per heavy atom. The number of rotatable bonds is 7. The third kappa shape index (κ3) is 6.46. The summed E-state index contributed by atoms with van der Waals surface area (Å²) in [7, 11) is 0. The number of fused-ring (bicyclic) bond motifs is 3. The summed E-state index contributed by atoms with van der Waals surface area (Å²) in [6.07, 6.45) is 11.4. The van der Waals surface area contributed by atoms with Gasteiger partial charge in [0, 0.05) is 40.0 Å². The lowest BCUT2D eigenvalue weighted by Gasteiger charge is -2.28. The van der Waals surface area contributed by atoms with E-state index >= 15 is 0 Å². The first kappa shape index (κ1) is 32.8. The first-order valence-corrected chi connectivity index (χ1v) is 19.2. The van der Waals surface area contributed by atoms with Gasteiger partial charge in [0.2, 0.25) is 0 Å². The Hall–Kier alpha value is -6.78. The minimum atomic E-state index is -0.454. The number of hydrogen-bond donors (Lipinski definition) is 1. The molecule has 7 aromatic rings. The van der Waals surface area contributed by atoms with E-state index in [2.05, 4.69) is 175 Å². The van der Waals surface area contributed by atoms with Gasteiger partial charge in [-0.3, -0.25) is 0 Å². The van der Waals surface area contributed by atoms with Crippen molar-refractivity contribution in [1.82, 2.24) is 5.32 Å². The number of hydrogen-bond acceptors (Lipinski definition) is 4. The topological polar surface area (TPSA) is 49.9 Å². The van der Waals surface area contributed by atoms with Crippen molar-refractivity contribution in [1.29, 1.82) is 0 Å². The fourth-order valence-electron chi connectivity index (χ4n) is 8.15. The van der Waals surface area contributed by atoms with Crippen LogP contribution in [-0.2, 0) is 6.42 Å². The Kier molecular flexibility index (Phi) is 8.49. The van der Waals surface area contributed by atoms with E-state index in [1.807, 2.05) is 12.1 Å². The molecule has 3 aliphatic rings. The first-order chi connectivity index (χ1) is 27.2. The Labute approximate surface area is 321 Å². The fraction of sp³-hybridized carbons (Fsp3) is 0.0980. The molecule has 0 saturated carbocycles. The summed E-state index contributed by atoms with van der Waals surface area (Å²) < 4.78 is 6.69. The third-order valence-corrected chi connectivity index (χ3v) is 10.9. The van der Waals surface area contributed by atoms with Gasteiger partial charge in [0.25, 0.3) is 0 Å². The summed E-state index contributed by atoms with van der Waals surface area (Å²) >= 11 is 0. The Balaban J connectivity index is 1.10. The Bertz CT molecular complexity index is 2640. The molecule has 0 fully saturated rings. The number of para-hydroxylation sites is 1. The van der Waals surface area contributed by atoms with Crippen molar-refractivity contribution < 1.29 is 4.42 Å². The Morgan fingerprint density at radius 1 is 0.545 bits per heavy atom. The molecule has 264 valence electrons. The van der Waals surface area contributed by atoms with Crippen LogP contribution in [0.5, 0.6) is 0 Å². The van der Waals surface area contributed by atoms with Crippen molar-refractivity contribution >= 4 is 28.2 Å². The van der Waals surface area contributed by atoms with Gasteiger partial charge in [-0.25, -0.2) is 9.98 Å². The van der Waals surface area contributed by atoms with Gasteiger partial charge in [-0.1, -0.05) is 158 Å². The van der Waals surface area contributed by atoms with Gasteiger partial charge in [0.05, 0.1) is 0 Å². The average Bonchev–Trinajstić information content (AvgIpc) is 3.66. The average molecular weight is 710 g/mol. The highest BCUT2D eigenvalue weighted by Crippen LogP contribution is 2.44. The quantitative estimate of drug-likeness (QED) is 0.179. The minimum Gasteiger partial charge on any atom is -0.460 e. The monoisotopic (exact) mass is 709 g/mol. The number of nitrogens with one attached hydrogen (secondary N) is 1. The van der Waals surface area contributed by atoms with Gasteiger partial charge in [-0.15, -0.1) is 0 Å². The van der Waals surface area contributed by atoms with Gasteiger partial charge in [0.1, 0.15) is 23.0 Å². The molecule has 0 amide bonds. The van der Waals surface area contributed by atoms with E-state index in [4.69, 9.17) is 14.4 Å². The molecule has 4 nitrogen and oxygen atoms in total. The SMILES string of the molecule is C1=CC(C2=NC(C3=CC(c4cccc(-c5cc(-c6ccccc6)cc(-c6ccccc6)c5)c4)Cc4oc5ccccc5c43)N=C(c3ccccc3)N2)=CCC1. The maximum atomic E-state index is 6.69. The van der Waals surface area contributed by atoms with Gasteiger partial charge >= 0.3 is 0 Å². The molecule has 0 radical (unpaired) electrons. The summed E-state index contributed by atoms with van der Waals surface area (Å²) in [6.45, 7) is 0. The zero-order valence-corrected chi connectivity index (χ0v) is 30.4. The number of furan rings is 1. The predicted molar refractivity (Wildman–Crippen MR) is 227 cm³/mol. The molecule has 55 heavy (non-hydrogen) atoms. The predicted octanol–water partition coefficient (Wildman–Crippen LogP) is 12.2. The van der Waals surface area contributed by atoms with Crippen molar-refractivity contribution in [3.8, 4) is 33.4 Å². The van der Waals surface area contributed by atoms with Crippen LogP contribution in [0.3, 0.4) is 0 Å². The lowest BCUT2D eigenvalue weighted by atomic mass is 9.82. The maximum Gasteiger partial charge on any atom is 0.170 e. The molecule has 2 aliphatic carbocycles. The smallest absolute Gasteiger partial charge is 0.170 e. The van der Waals surface area contributed by atoms with Crippen LogP contribution in [0, 0.1) is 0 Å². The normalized spacial score (nSPS) is 17.7. The lowest BCUT2D eigenvalue weighted by molar-refractivity contribution is 0.530. The van der Waals surface area contributed by atoms with Gasteiger partial charge in [-0.05, 0) is 76.1 Å². The van der Waals surface area contributed by atoms with E-state index in [1.165, 1.54) is 38.9 Å². The van der Waals surface area contributed by atoms with Crippen LogP contribution in [0.15, 0.2) is 202 Å². The van der Waals surface area contributed by atoms with Crippen LogP contribution in [0.4, 0.5) is 0 Å². The summed E-state index contributed by atoms with van der Waals surface area (Å²) in [4.78, 5) is 10.7. The number of amidine groups is 2. The van der Waals surface area contributed by atoms with Gasteiger partial charge < -0.3 is 9.73 Å². The molecule has 0 saturated heterocycles. The van der Waals surface area contributed by atoms with Gasteiger partial charge in [-0.2, -0.15) is 0 Å². The molecule has 10 rings (SSSR count). The summed E-state index contributed by atoms with van der Waals surface area (Å²) in [5, 5.41) is 4.70. The standard InChI is InChI=1S/C51H39N3O/c1-5-16-34(17-6-1)40-29-41(35-18-7-2-8-19-35)31-42(30-40)38-24-15-25-39(28-38)43-32-45(48-44-26-13-14-27-46(44)55-47(48)33-43)51-53-49(36-20-9-3-10-21-36)52-50(54-51)37-22-11-4-12-23-37/h1-3,5-11,13-32,43,51H,4,12,33H2,(H,52,53,54). The van der Waals surface area contributed by atoms with Crippen LogP contribution >= 0.6 is 0 Å². The van der Waals surface area contributed by atoms with Crippen LogP contribution in [-0.4, -0.2) is 17.8 Å². The molecule has 6 aromatic carbocycles. The summed E-state index contributed by atoms with van der Waals surface area (Å²) in [5.74, 6) is 2.71. The molecule has 0 spiro atoms. The van der Waals surface area contributed by atoms with E-state index in [0.717, 1.165) is 69.9 Å². The largest absolute Gasteiger partial charge is 0.460 e. The van der Waals surface area contributed by atoms with Crippen LogP contribution < -0.4 is 5.32 Å². The van der Waals surface area contributed by atoms with Crippen molar-refractivity contribution in [2.45, 2.75) is 31.3 Å². The van der Waals surface area contributed by atoms with Crippen LogP contribution in [0.1, 0.15) is 41.2 Å². The third-order valence-electron chi connectivity index (χ3n) is 10.9. The number of aliphatic imine (C=N–C) groups is 2. The second-order valence-electron chi connectivity index (χ2n) is 14.4. The van der Waals surface area contributed by atoms with Crippen molar-refractivity contribution in [2.24, 2.45) is 9.98 Å². The second kappa shape index (κ2) is 14.2. The molecular formula is C51H39N3O. The summed E-state index contributed by atoms with van der Waals surface area (Å²) in [6, 6.07) is 56.0. The molecular weight excluding hydrogens is 671 g/mol.